The molecule has 1 fully saturated rings. The van der Waals surface area contributed by atoms with Gasteiger partial charge < -0.3 is 10.1 Å². The SMILES string of the molecule is O=C(NC1CC1c1ccccc1OC(F)(F)F)c1cnc2sccn2c1=O. The van der Waals surface area contributed by atoms with Gasteiger partial charge in [0.05, 0.1) is 0 Å². The van der Waals surface area contributed by atoms with Gasteiger partial charge in [-0.3, -0.25) is 14.0 Å². The van der Waals surface area contributed by atoms with Gasteiger partial charge >= 0.3 is 6.36 Å². The Labute approximate surface area is 154 Å². The van der Waals surface area contributed by atoms with Gasteiger partial charge in [0, 0.05) is 29.7 Å². The number of rotatable bonds is 4. The lowest BCUT2D eigenvalue weighted by atomic mass is 10.1. The highest BCUT2D eigenvalue weighted by Gasteiger charge is 2.43. The van der Waals surface area contributed by atoms with Crippen LogP contribution in [0.5, 0.6) is 5.75 Å². The van der Waals surface area contributed by atoms with Gasteiger partial charge in [-0.25, -0.2) is 4.98 Å². The van der Waals surface area contributed by atoms with E-state index in [1.54, 1.807) is 11.4 Å². The molecular weight excluding hydrogens is 383 g/mol. The minimum absolute atomic E-state index is 0.114. The van der Waals surface area contributed by atoms with E-state index in [1.165, 1.54) is 46.3 Å². The molecular formula is C17H12F3N3O3S. The number of benzene rings is 1. The molecule has 1 saturated carbocycles. The lowest BCUT2D eigenvalue weighted by Gasteiger charge is -2.13. The van der Waals surface area contributed by atoms with E-state index >= 15 is 0 Å². The topological polar surface area (TPSA) is 72.7 Å². The van der Waals surface area contributed by atoms with Crippen LogP contribution in [-0.2, 0) is 0 Å². The molecule has 0 spiro atoms. The monoisotopic (exact) mass is 395 g/mol. The molecule has 3 aromatic rings. The van der Waals surface area contributed by atoms with Crippen LogP contribution in [0.1, 0.15) is 28.3 Å². The fraction of sp³-hybridized carbons (Fsp3) is 0.235. The number of nitrogens with one attached hydrogen (secondary N) is 1. The van der Waals surface area contributed by atoms with Crippen molar-refractivity contribution in [3.05, 3.63) is 63.5 Å². The molecule has 2 heterocycles. The minimum Gasteiger partial charge on any atom is -0.405 e. The van der Waals surface area contributed by atoms with E-state index < -0.39 is 17.8 Å². The zero-order valence-corrected chi connectivity index (χ0v) is 14.4. The molecule has 2 unspecified atom stereocenters. The third-order valence-electron chi connectivity index (χ3n) is 4.24. The summed E-state index contributed by atoms with van der Waals surface area (Å²) in [6.45, 7) is 0. The second kappa shape index (κ2) is 6.38. The van der Waals surface area contributed by atoms with E-state index in [2.05, 4.69) is 15.0 Å². The number of fused-ring (bicyclic) bond motifs is 1. The first kappa shape index (κ1) is 17.5. The number of para-hydroxylation sites is 1. The summed E-state index contributed by atoms with van der Waals surface area (Å²) in [6, 6.07) is 5.45. The first-order valence-corrected chi connectivity index (χ1v) is 8.82. The lowest BCUT2D eigenvalue weighted by Crippen LogP contribution is -2.33. The fourth-order valence-corrected chi connectivity index (χ4v) is 3.60. The third kappa shape index (κ3) is 3.52. The standard InChI is InChI=1S/C17H12F3N3O3S/c18-17(19,20)26-13-4-2-1-3-9(13)10-7-12(10)22-14(24)11-8-21-16-23(15(11)25)5-6-27-16/h1-6,8,10,12H,7H2,(H,22,24). The van der Waals surface area contributed by atoms with Crippen LogP contribution in [0, 0.1) is 0 Å². The second-order valence-electron chi connectivity index (χ2n) is 6.04. The molecule has 0 aliphatic heterocycles. The Balaban J connectivity index is 1.51. The Morgan fingerprint density at radius 3 is 2.89 bits per heavy atom. The quantitative estimate of drug-likeness (QED) is 0.737. The van der Waals surface area contributed by atoms with Gasteiger partial charge in [0.15, 0.2) is 4.96 Å². The summed E-state index contributed by atoms with van der Waals surface area (Å²) in [5, 5.41) is 4.36. The Bertz CT molecular complexity index is 1080. The largest absolute Gasteiger partial charge is 0.573 e. The van der Waals surface area contributed by atoms with Gasteiger partial charge in [-0.2, -0.15) is 0 Å². The van der Waals surface area contributed by atoms with E-state index in [4.69, 9.17) is 0 Å². The van der Waals surface area contributed by atoms with Crippen molar-refractivity contribution in [2.75, 3.05) is 0 Å². The molecule has 0 saturated heterocycles. The number of carbonyl (C=O) groups is 1. The van der Waals surface area contributed by atoms with E-state index in [0.717, 1.165) is 0 Å². The average molecular weight is 395 g/mol. The maximum Gasteiger partial charge on any atom is 0.573 e. The van der Waals surface area contributed by atoms with Crippen molar-refractivity contribution in [3.8, 4) is 5.75 Å². The first-order valence-electron chi connectivity index (χ1n) is 7.94. The van der Waals surface area contributed by atoms with Crippen molar-refractivity contribution >= 4 is 22.2 Å². The molecule has 2 aromatic heterocycles. The number of carbonyl (C=O) groups excluding carboxylic acids is 1. The number of ether oxygens (including phenoxy) is 1. The minimum atomic E-state index is -4.79. The highest BCUT2D eigenvalue weighted by Crippen LogP contribution is 2.45. The summed E-state index contributed by atoms with van der Waals surface area (Å²) in [7, 11) is 0. The molecule has 1 N–H and O–H groups in total. The predicted molar refractivity (Wildman–Crippen MR) is 91.1 cm³/mol. The maximum absolute atomic E-state index is 12.5. The van der Waals surface area contributed by atoms with Gasteiger partial charge in [-0.1, -0.05) is 18.2 Å². The molecule has 2 atom stereocenters. The van der Waals surface area contributed by atoms with E-state index in [9.17, 15) is 22.8 Å². The number of amides is 1. The molecule has 0 radical (unpaired) electrons. The second-order valence-corrected chi connectivity index (χ2v) is 6.91. The zero-order valence-electron chi connectivity index (χ0n) is 13.6. The van der Waals surface area contributed by atoms with Gasteiger partial charge in [0.25, 0.3) is 11.5 Å². The van der Waals surface area contributed by atoms with Crippen LogP contribution >= 0.6 is 11.3 Å². The Morgan fingerprint density at radius 2 is 2.11 bits per heavy atom. The lowest BCUT2D eigenvalue weighted by molar-refractivity contribution is -0.274. The number of alkyl halides is 3. The van der Waals surface area contributed by atoms with Gasteiger partial charge in [-0.15, -0.1) is 24.5 Å². The van der Waals surface area contributed by atoms with E-state index in [1.807, 2.05) is 0 Å². The van der Waals surface area contributed by atoms with Crippen LogP contribution in [0.3, 0.4) is 0 Å². The molecule has 27 heavy (non-hydrogen) atoms. The number of nitrogens with zero attached hydrogens (tertiary/aromatic N) is 2. The molecule has 10 heteroatoms. The van der Waals surface area contributed by atoms with Crippen molar-refractivity contribution < 1.29 is 22.7 Å². The van der Waals surface area contributed by atoms with Gasteiger partial charge in [-0.05, 0) is 18.1 Å². The molecule has 1 aromatic carbocycles. The summed E-state index contributed by atoms with van der Waals surface area (Å²) in [5.74, 6) is -1.20. The highest BCUT2D eigenvalue weighted by atomic mass is 32.1. The Hall–Kier alpha value is -2.88. The highest BCUT2D eigenvalue weighted by molar-refractivity contribution is 7.15. The van der Waals surface area contributed by atoms with Crippen LogP contribution in [0.2, 0.25) is 0 Å². The predicted octanol–water partition coefficient (Wildman–Crippen LogP) is 2.94. The van der Waals surface area contributed by atoms with Crippen LogP contribution in [-0.4, -0.2) is 27.7 Å². The molecule has 4 rings (SSSR count). The number of hydrogen-bond acceptors (Lipinski definition) is 5. The maximum atomic E-state index is 12.5. The van der Waals surface area contributed by atoms with Crippen molar-refractivity contribution in [1.82, 2.24) is 14.7 Å². The Kier molecular flexibility index (Phi) is 4.14. The van der Waals surface area contributed by atoms with Crippen molar-refractivity contribution in [3.63, 3.8) is 0 Å². The van der Waals surface area contributed by atoms with Crippen molar-refractivity contribution in [1.29, 1.82) is 0 Å². The fourth-order valence-electron chi connectivity index (χ4n) is 2.93. The number of thiazole rings is 1. The van der Waals surface area contributed by atoms with Crippen molar-refractivity contribution in [2.45, 2.75) is 24.7 Å². The van der Waals surface area contributed by atoms with E-state index in [-0.39, 0.29) is 23.3 Å². The summed E-state index contributed by atoms with van der Waals surface area (Å²) < 4.78 is 43.0. The Morgan fingerprint density at radius 1 is 1.33 bits per heavy atom. The smallest absolute Gasteiger partial charge is 0.405 e. The molecule has 6 nitrogen and oxygen atoms in total. The number of hydrogen-bond donors (Lipinski definition) is 1. The number of aromatic nitrogens is 2. The van der Waals surface area contributed by atoms with Crippen LogP contribution in [0.25, 0.3) is 4.96 Å². The van der Waals surface area contributed by atoms with Gasteiger partial charge in [0.1, 0.15) is 11.3 Å². The molecule has 1 aliphatic rings. The summed E-state index contributed by atoms with van der Waals surface area (Å²) in [4.78, 5) is 29.2. The van der Waals surface area contributed by atoms with E-state index in [0.29, 0.717) is 16.9 Å². The summed E-state index contributed by atoms with van der Waals surface area (Å²) in [5.41, 5.74) is -0.239. The molecule has 1 aliphatic carbocycles. The van der Waals surface area contributed by atoms with Crippen LogP contribution in [0.15, 0.2) is 46.8 Å². The average Bonchev–Trinajstić information content (AvgIpc) is 3.16. The molecule has 140 valence electrons. The first-order chi connectivity index (χ1) is 12.8. The summed E-state index contributed by atoms with van der Waals surface area (Å²) >= 11 is 1.27. The van der Waals surface area contributed by atoms with Crippen molar-refractivity contribution in [2.24, 2.45) is 0 Å². The molecule has 0 bridgehead atoms. The molecule has 1 amide bonds. The zero-order chi connectivity index (χ0) is 19.2. The number of halogens is 3. The summed E-state index contributed by atoms with van der Waals surface area (Å²) in [6.07, 6.45) is -1.60. The van der Waals surface area contributed by atoms with Crippen LogP contribution < -0.4 is 15.6 Å². The normalized spacial score (nSPS) is 19.1. The van der Waals surface area contributed by atoms with Gasteiger partial charge in [0.2, 0.25) is 0 Å². The van der Waals surface area contributed by atoms with Crippen LogP contribution in [0.4, 0.5) is 13.2 Å². The third-order valence-corrected chi connectivity index (χ3v) is 5.01.